The Bertz CT molecular complexity index is 809. The largest absolute Gasteiger partial charge is 0.395 e. The van der Waals surface area contributed by atoms with E-state index >= 15 is 0 Å². The molecule has 1 aliphatic heterocycles. The van der Waals surface area contributed by atoms with Gasteiger partial charge in [0.15, 0.2) is 0 Å². The van der Waals surface area contributed by atoms with Crippen LogP contribution in [-0.4, -0.2) is 22.7 Å². The summed E-state index contributed by atoms with van der Waals surface area (Å²) in [6.07, 6.45) is 0.846. The first kappa shape index (κ1) is 13.6. The van der Waals surface area contributed by atoms with Gasteiger partial charge < -0.3 is 10.1 Å². The first-order chi connectivity index (χ1) is 10.7. The number of fused-ring (bicyclic) bond motifs is 3. The lowest BCUT2D eigenvalue weighted by Crippen LogP contribution is -2.53. The Hall–Kier alpha value is -2.10. The van der Waals surface area contributed by atoms with Crippen molar-refractivity contribution in [2.24, 2.45) is 0 Å². The maximum Gasteiger partial charge on any atom is 0.0819 e. The fourth-order valence-corrected chi connectivity index (χ4v) is 3.73. The van der Waals surface area contributed by atoms with E-state index in [1.807, 2.05) is 6.07 Å². The van der Waals surface area contributed by atoms with Crippen molar-refractivity contribution >= 4 is 10.9 Å². The first-order valence-electron chi connectivity index (χ1n) is 7.76. The summed E-state index contributed by atoms with van der Waals surface area (Å²) in [5.74, 6) is 0. The first-order valence-corrected chi connectivity index (χ1v) is 7.76. The second-order valence-corrected chi connectivity index (χ2v) is 6.24. The summed E-state index contributed by atoms with van der Waals surface area (Å²) in [7, 11) is 0. The standard InChI is InChI=1S/C19H20N2O/c1-19(13-7-3-2-4-8-13)18-16(11-14(12-22)21-19)15-9-5-6-10-17(15)20-18/h2-10,14,20-22H,11-12H2,1H3/t14-,19+/m0/s1. The summed E-state index contributed by atoms with van der Waals surface area (Å²) in [6.45, 7) is 2.33. The molecule has 3 N–H and O–H groups in total. The van der Waals surface area contributed by atoms with Crippen LogP contribution in [0.15, 0.2) is 54.6 Å². The van der Waals surface area contributed by atoms with E-state index in [4.69, 9.17) is 0 Å². The quantitative estimate of drug-likeness (QED) is 0.680. The zero-order valence-corrected chi connectivity index (χ0v) is 12.6. The average Bonchev–Trinajstić information content (AvgIpc) is 2.95. The monoisotopic (exact) mass is 292 g/mol. The molecular formula is C19H20N2O. The molecule has 2 aromatic carbocycles. The average molecular weight is 292 g/mol. The highest BCUT2D eigenvalue weighted by Gasteiger charge is 2.39. The van der Waals surface area contributed by atoms with Crippen LogP contribution >= 0.6 is 0 Å². The summed E-state index contributed by atoms with van der Waals surface area (Å²) in [4.78, 5) is 3.61. The Morgan fingerprint density at radius 3 is 2.59 bits per heavy atom. The highest BCUT2D eigenvalue weighted by atomic mass is 16.3. The van der Waals surface area contributed by atoms with Crippen LogP contribution in [0.3, 0.4) is 0 Å². The summed E-state index contributed by atoms with van der Waals surface area (Å²) in [5.41, 5.74) is 4.58. The van der Waals surface area contributed by atoms with Gasteiger partial charge in [-0.15, -0.1) is 0 Å². The molecule has 3 nitrogen and oxygen atoms in total. The summed E-state index contributed by atoms with van der Waals surface area (Å²) >= 11 is 0. The molecule has 112 valence electrons. The molecule has 3 aromatic rings. The van der Waals surface area contributed by atoms with Crippen molar-refractivity contribution in [2.75, 3.05) is 6.61 Å². The third kappa shape index (κ3) is 1.90. The van der Waals surface area contributed by atoms with E-state index in [0.717, 1.165) is 11.9 Å². The molecule has 0 spiro atoms. The Morgan fingerprint density at radius 1 is 1.09 bits per heavy atom. The highest BCUT2D eigenvalue weighted by Crippen LogP contribution is 2.39. The van der Waals surface area contributed by atoms with Crippen LogP contribution in [0.5, 0.6) is 0 Å². The lowest BCUT2D eigenvalue weighted by Gasteiger charge is -2.40. The third-order valence-corrected chi connectivity index (χ3v) is 4.83. The van der Waals surface area contributed by atoms with Crippen LogP contribution in [0.1, 0.15) is 23.7 Å². The number of benzene rings is 2. The molecule has 0 radical (unpaired) electrons. The van der Waals surface area contributed by atoms with Crippen LogP contribution in [0.4, 0.5) is 0 Å². The van der Waals surface area contributed by atoms with E-state index in [0.29, 0.717) is 0 Å². The smallest absolute Gasteiger partial charge is 0.0819 e. The molecule has 3 heteroatoms. The van der Waals surface area contributed by atoms with E-state index < -0.39 is 0 Å². The minimum atomic E-state index is -0.318. The predicted molar refractivity (Wildman–Crippen MR) is 88.9 cm³/mol. The van der Waals surface area contributed by atoms with Gasteiger partial charge >= 0.3 is 0 Å². The number of H-pyrrole nitrogens is 1. The molecule has 0 saturated heterocycles. The number of para-hydroxylation sites is 1. The molecule has 1 aromatic heterocycles. The van der Waals surface area contributed by atoms with Crippen molar-refractivity contribution in [1.29, 1.82) is 0 Å². The molecule has 0 fully saturated rings. The molecule has 0 unspecified atom stereocenters. The van der Waals surface area contributed by atoms with Crippen molar-refractivity contribution in [3.63, 3.8) is 0 Å². The number of aromatic amines is 1. The fraction of sp³-hybridized carbons (Fsp3) is 0.263. The molecule has 0 bridgehead atoms. The van der Waals surface area contributed by atoms with Gasteiger partial charge in [-0.3, -0.25) is 5.32 Å². The number of aliphatic hydroxyl groups excluding tert-OH is 1. The number of hydrogen-bond acceptors (Lipinski definition) is 2. The highest BCUT2D eigenvalue weighted by molar-refractivity contribution is 5.85. The van der Waals surface area contributed by atoms with Crippen molar-refractivity contribution < 1.29 is 5.11 Å². The number of nitrogens with one attached hydrogen (secondary N) is 2. The topological polar surface area (TPSA) is 48.0 Å². The third-order valence-electron chi connectivity index (χ3n) is 4.83. The molecule has 1 aliphatic rings. The number of hydrogen-bond donors (Lipinski definition) is 3. The van der Waals surface area contributed by atoms with E-state index in [1.54, 1.807) is 0 Å². The van der Waals surface area contributed by atoms with Crippen LogP contribution in [0, 0.1) is 0 Å². The van der Waals surface area contributed by atoms with Crippen molar-refractivity contribution in [1.82, 2.24) is 10.3 Å². The summed E-state index contributed by atoms with van der Waals surface area (Å²) < 4.78 is 0. The zero-order valence-electron chi connectivity index (χ0n) is 12.6. The van der Waals surface area contributed by atoms with Gasteiger partial charge in [-0.05, 0) is 30.5 Å². The van der Waals surface area contributed by atoms with E-state index in [1.165, 1.54) is 22.2 Å². The van der Waals surface area contributed by atoms with Gasteiger partial charge in [0.1, 0.15) is 0 Å². The van der Waals surface area contributed by atoms with Gasteiger partial charge in [0.2, 0.25) is 0 Å². The second-order valence-electron chi connectivity index (χ2n) is 6.24. The predicted octanol–water partition coefficient (Wildman–Crippen LogP) is 2.94. The molecule has 2 heterocycles. The summed E-state index contributed by atoms with van der Waals surface area (Å²) in [6, 6.07) is 18.9. The minimum Gasteiger partial charge on any atom is -0.395 e. The van der Waals surface area contributed by atoms with Crippen LogP contribution < -0.4 is 5.32 Å². The molecule has 0 saturated carbocycles. The molecule has 2 atom stereocenters. The number of rotatable bonds is 2. The zero-order chi connectivity index (χ0) is 15.2. The lowest BCUT2D eigenvalue weighted by molar-refractivity contribution is 0.204. The number of aliphatic hydroxyl groups is 1. The fourth-order valence-electron chi connectivity index (χ4n) is 3.73. The van der Waals surface area contributed by atoms with Gasteiger partial charge in [-0.1, -0.05) is 48.5 Å². The Balaban J connectivity index is 1.98. The number of aromatic nitrogens is 1. The maximum atomic E-state index is 9.73. The van der Waals surface area contributed by atoms with Gasteiger partial charge in [0, 0.05) is 22.6 Å². The van der Waals surface area contributed by atoms with Crippen molar-refractivity contribution in [2.45, 2.75) is 24.9 Å². The maximum absolute atomic E-state index is 9.73. The van der Waals surface area contributed by atoms with E-state index in [-0.39, 0.29) is 18.2 Å². The molecule has 0 amide bonds. The lowest BCUT2D eigenvalue weighted by atomic mass is 9.80. The van der Waals surface area contributed by atoms with Gasteiger partial charge in [-0.25, -0.2) is 0 Å². The van der Waals surface area contributed by atoms with Gasteiger partial charge in [0.25, 0.3) is 0 Å². The second kappa shape index (κ2) is 4.97. The van der Waals surface area contributed by atoms with Crippen molar-refractivity contribution in [3.8, 4) is 0 Å². The normalized spacial score (nSPS) is 24.4. The van der Waals surface area contributed by atoms with E-state index in [2.05, 4.69) is 65.8 Å². The molecule has 22 heavy (non-hydrogen) atoms. The minimum absolute atomic E-state index is 0.0666. The van der Waals surface area contributed by atoms with Crippen LogP contribution in [0.2, 0.25) is 0 Å². The van der Waals surface area contributed by atoms with Gasteiger partial charge in [-0.2, -0.15) is 0 Å². The molecule has 4 rings (SSSR count). The van der Waals surface area contributed by atoms with Crippen LogP contribution in [-0.2, 0) is 12.0 Å². The molecule has 0 aliphatic carbocycles. The van der Waals surface area contributed by atoms with Crippen molar-refractivity contribution in [3.05, 3.63) is 71.4 Å². The Kier molecular flexibility index (Phi) is 3.06. The van der Waals surface area contributed by atoms with E-state index in [9.17, 15) is 5.11 Å². The van der Waals surface area contributed by atoms with Gasteiger partial charge in [0.05, 0.1) is 12.1 Å². The Labute approximate surface area is 130 Å². The molecular weight excluding hydrogens is 272 g/mol. The Morgan fingerprint density at radius 2 is 1.82 bits per heavy atom. The SMILES string of the molecule is C[C@]1(c2ccccc2)N[C@H](CO)Cc2c1[nH]c1ccccc21. The summed E-state index contributed by atoms with van der Waals surface area (Å²) in [5, 5.41) is 14.6. The van der Waals surface area contributed by atoms with Crippen LogP contribution in [0.25, 0.3) is 10.9 Å².